The van der Waals surface area contributed by atoms with E-state index in [1.807, 2.05) is 0 Å². The number of anilines is 1. The highest BCUT2D eigenvalue weighted by atomic mass is 16.1. The van der Waals surface area contributed by atoms with Crippen LogP contribution in [0, 0.1) is 0 Å². The van der Waals surface area contributed by atoms with Crippen molar-refractivity contribution in [1.82, 2.24) is 0 Å². The van der Waals surface area contributed by atoms with E-state index in [9.17, 15) is 14.4 Å². The standard InChI is InChI=1S/C20H20N2O3/c1-2-3-4-9-16(23)14-10-11-15(22-21)18-17(14)19(24)12-7-5-6-8-13(12)20(18)25/h5-8,10-11,22H,2-4,9,21H2,1H3. The second-order valence-electron chi connectivity index (χ2n) is 6.14. The average molecular weight is 336 g/mol. The number of ketones is 3. The third-order valence-electron chi connectivity index (χ3n) is 4.54. The van der Waals surface area contributed by atoms with Gasteiger partial charge in [-0.05, 0) is 18.6 Å². The lowest BCUT2D eigenvalue weighted by Crippen LogP contribution is -2.26. The van der Waals surface area contributed by atoms with Crippen LogP contribution in [0.25, 0.3) is 0 Å². The number of carbonyl (C=O) groups excluding carboxylic acids is 3. The van der Waals surface area contributed by atoms with Crippen molar-refractivity contribution in [2.45, 2.75) is 32.6 Å². The van der Waals surface area contributed by atoms with E-state index in [1.165, 1.54) is 0 Å². The number of unbranched alkanes of at least 4 members (excludes halogenated alkanes) is 2. The number of nitrogen functional groups attached to an aromatic ring is 1. The van der Waals surface area contributed by atoms with Crippen LogP contribution >= 0.6 is 0 Å². The van der Waals surface area contributed by atoms with Crippen LogP contribution in [0.1, 0.15) is 74.8 Å². The summed E-state index contributed by atoms with van der Waals surface area (Å²) in [6.07, 6.45) is 3.08. The van der Waals surface area contributed by atoms with Crippen molar-refractivity contribution in [3.8, 4) is 0 Å². The normalized spacial score (nSPS) is 12.6. The minimum absolute atomic E-state index is 0.117. The molecule has 5 heteroatoms. The van der Waals surface area contributed by atoms with Crippen LogP contribution < -0.4 is 11.3 Å². The van der Waals surface area contributed by atoms with E-state index in [0.717, 1.165) is 19.3 Å². The molecule has 1 aliphatic rings. The molecule has 25 heavy (non-hydrogen) atoms. The molecule has 0 atom stereocenters. The average Bonchev–Trinajstić information content (AvgIpc) is 2.65. The molecule has 128 valence electrons. The Morgan fingerprint density at radius 2 is 1.60 bits per heavy atom. The monoisotopic (exact) mass is 336 g/mol. The van der Waals surface area contributed by atoms with Gasteiger partial charge in [-0.1, -0.05) is 44.0 Å². The van der Waals surface area contributed by atoms with Gasteiger partial charge in [0.1, 0.15) is 0 Å². The lowest BCUT2D eigenvalue weighted by molar-refractivity contribution is 0.0955. The first-order valence-corrected chi connectivity index (χ1v) is 8.45. The van der Waals surface area contributed by atoms with E-state index in [1.54, 1.807) is 36.4 Å². The Balaban J connectivity index is 2.15. The summed E-state index contributed by atoms with van der Waals surface area (Å²) in [6, 6.07) is 9.83. The fraction of sp³-hybridized carbons (Fsp3) is 0.250. The Morgan fingerprint density at radius 1 is 0.960 bits per heavy atom. The van der Waals surface area contributed by atoms with E-state index in [2.05, 4.69) is 12.3 Å². The van der Waals surface area contributed by atoms with Gasteiger partial charge in [-0.2, -0.15) is 0 Å². The smallest absolute Gasteiger partial charge is 0.196 e. The number of fused-ring (bicyclic) bond motifs is 2. The Kier molecular flexibility index (Phi) is 4.76. The zero-order chi connectivity index (χ0) is 18.0. The second kappa shape index (κ2) is 6.99. The highest BCUT2D eigenvalue weighted by Crippen LogP contribution is 2.34. The van der Waals surface area contributed by atoms with Crippen LogP contribution in [0.15, 0.2) is 36.4 Å². The number of rotatable bonds is 6. The highest BCUT2D eigenvalue weighted by Gasteiger charge is 2.34. The minimum atomic E-state index is -0.304. The first-order valence-electron chi connectivity index (χ1n) is 8.45. The Bertz CT molecular complexity index is 871. The SMILES string of the molecule is CCCCCC(=O)c1ccc(NN)c2c1C(=O)c1ccccc1C2=O. The van der Waals surface area contributed by atoms with Gasteiger partial charge in [0.25, 0.3) is 0 Å². The second-order valence-corrected chi connectivity index (χ2v) is 6.14. The Labute approximate surface area is 146 Å². The van der Waals surface area contributed by atoms with E-state index in [-0.39, 0.29) is 28.5 Å². The molecule has 1 aliphatic carbocycles. The van der Waals surface area contributed by atoms with Crippen molar-refractivity contribution in [1.29, 1.82) is 0 Å². The molecule has 0 aliphatic heterocycles. The number of carbonyl (C=O) groups is 3. The first kappa shape index (κ1) is 17.0. The van der Waals surface area contributed by atoms with Gasteiger partial charge in [0.05, 0.1) is 11.3 Å². The number of hydrogen-bond donors (Lipinski definition) is 2. The zero-order valence-electron chi connectivity index (χ0n) is 14.1. The van der Waals surface area contributed by atoms with Crippen molar-refractivity contribution in [2.24, 2.45) is 5.84 Å². The maximum absolute atomic E-state index is 13.0. The maximum Gasteiger partial charge on any atom is 0.196 e. The molecule has 0 saturated carbocycles. The predicted molar refractivity (Wildman–Crippen MR) is 96.0 cm³/mol. The molecular formula is C20H20N2O3. The molecule has 5 nitrogen and oxygen atoms in total. The summed E-state index contributed by atoms with van der Waals surface area (Å²) in [5, 5.41) is 0. The van der Waals surface area contributed by atoms with Crippen LogP contribution in [0.2, 0.25) is 0 Å². The third-order valence-corrected chi connectivity index (χ3v) is 4.54. The number of nitrogens with two attached hydrogens (primary N) is 1. The van der Waals surface area contributed by atoms with Crippen LogP contribution in [0.5, 0.6) is 0 Å². The van der Waals surface area contributed by atoms with Gasteiger partial charge in [-0.25, -0.2) is 0 Å². The first-order chi connectivity index (χ1) is 12.1. The fourth-order valence-electron chi connectivity index (χ4n) is 3.25. The van der Waals surface area contributed by atoms with E-state index < -0.39 is 0 Å². The highest BCUT2D eigenvalue weighted by molar-refractivity contribution is 6.32. The molecule has 0 aromatic heterocycles. The van der Waals surface area contributed by atoms with Gasteiger partial charge in [0.15, 0.2) is 17.3 Å². The van der Waals surface area contributed by atoms with Crippen molar-refractivity contribution in [3.05, 3.63) is 64.2 Å². The van der Waals surface area contributed by atoms with E-state index >= 15 is 0 Å². The van der Waals surface area contributed by atoms with Gasteiger partial charge in [-0.3, -0.25) is 20.2 Å². The van der Waals surface area contributed by atoms with Gasteiger partial charge in [-0.15, -0.1) is 0 Å². The van der Waals surface area contributed by atoms with Crippen molar-refractivity contribution >= 4 is 23.0 Å². The summed E-state index contributed by atoms with van der Waals surface area (Å²) < 4.78 is 0. The molecule has 0 spiro atoms. The largest absolute Gasteiger partial charge is 0.323 e. The van der Waals surface area contributed by atoms with Crippen LogP contribution in [0.4, 0.5) is 5.69 Å². The molecule has 3 N–H and O–H groups in total. The van der Waals surface area contributed by atoms with Gasteiger partial charge >= 0.3 is 0 Å². The summed E-state index contributed by atoms with van der Waals surface area (Å²) in [4.78, 5) is 38.6. The number of benzene rings is 2. The third kappa shape index (κ3) is 2.87. The molecule has 0 saturated heterocycles. The lowest BCUT2D eigenvalue weighted by Gasteiger charge is -2.22. The molecule has 0 amide bonds. The topological polar surface area (TPSA) is 89.3 Å². The Morgan fingerprint density at radius 3 is 2.20 bits per heavy atom. The molecule has 2 aromatic carbocycles. The van der Waals surface area contributed by atoms with E-state index in [4.69, 9.17) is 5.84 Å². The van der Waals surface area contributed by atoms with E-state index in [0.29, 0.717) is 28.8 Å². The molecule has 0 fully saturated rings. The van der Waals surface area contributed by atoms with Crippen LogP contribution in [0.3, 0.4) is 0 Å². The van der Waals surface area contributed by atoms with Crippen molar-refractivity contribution < 1.29 is 14.4 Å². The fourth-order valence-corrected chi connectivity index (χ4v) is 3.25. The molecule has 0 radical (unpaired) electrons. The van der Waals surface area contributed by atoms with Gasteiger partial charge < -0.3 is 5.43 Å². The Hall–Kier alpha value is -2.79. The van der Waals surface area contributed by atoms with Crippen molar-refractivity contribution in [2.75, 3.05) is 5.43 Å². The summed E-state index contributed by atoms with van der Waals surface area (Å²) in [6.45, 7) is 2.06. The molecule has 0 unspecified atom stereocenters. The van der Waals surface area contributed by atoms with Crippen LogP contribution in [-0.4, -0.2) is 17.3 Å². The minimum Gasteiger partial charge on any atom is -0.323 e. The molecule has 2 aromatic rings. The lowest BCUT2D eigenvalue weighted by atomic mass is 9.80. The maximum atomic E-state index is 13.0. The summed E-state index contributed by atoms with van der Waals surface area (Å²) in [5.74, 6) is 4.82. The molecular weight excluding hydrogens is 316 g/mol. The molecule has 0 bridgehead atoms. The zero-order valence-corrected chi connectivity index (χ0v) is 14.1. The number of nitrogens with one attached hydrogen (secondary N) is 1. The summed E-state index contributed by atoms with van der Waals surface area (Å²) >= 11 is 0. The predicted octanol–water partition coefficient (Wildman–Crippen LogP) is 3.51. The molecule has 3 rings (SSSR count). The van der Waals surface area contributed by atoms with Crippen molar-refractivity contribution in [3.63, 3.8) is 0 Å². The quantitative estimate of drug-likeness (QED) is 0.311. The molecule has 0 heterocycles. The summed E-state index contributed by atoms with van der Waals surface area (Å²) in [5.41, 5.74) is 4.15. The van der Waals surface area contributed by atoms with Gasteiger partial charge in [0.2, 0.25) is 0 Å². The number of hydrogen-bond acceptors (Lipinski definition) is 5. The number of hydrazine groups is 1. The van der Waals surface area contributed by atoms with Gasteiger partial charge in [0, 0.05) is 28.7 Å². The number of Topliss-reactive ketones (excluding diaryl/α,β-unsaturated/α-hetero) is 1. The van der Waals surface area contributed by atoms with Crippen LogP contribution in [-0.2, 0) is 0 Å². The summed E-state index contributed by atoms with van der Waals surface area (Å²) in [7, 11) is 0.